The molecule has 0 atom stereocenters. The zero-order valence-electron chi connectivity index (χ0n) is 10.4. The van der Waals surface area contributed by atoms with Gasteiger partial charge < -0.3 is 4.98 Å². The molecule has 0 aliphatic rings. The van der Waals surface area contributed by atoms with E-state index < -0.39 is 28.5 Å². The Hall–Kier alpha value is -2.10. The van der Waals surface area contributed by atoms with Gasteiger partial charge >= 0.3 is 12.1 Å². The number of thiazole rings is 1. The maximum absolute atomic E-state index is 13.6. The highest BCUT2D eigenvalue weighted by molar-refractivity contribution is 7.10. The number of hydrogen-bond acceptors (Lipinski definition) is 3. The number of hydrogen-bond donors (Lipinski definition) is 1. The van der Waals surface area contributed by atoms with Crippen molar-refractivity contribution in [3.05, 3.63) is 34.7 Å². The SMILES string of the molecule is Fc1cnc2[nH]cc(-c3ncsc3C(F)(F)C(F)(F)F)c2c1. The summed E-state index contributed by atoms with van der Waals surface area (Å²) in [6.07, 6.45) is -3.68. The predicted octanol–water partition coefficient (Wildman–Crippen LogP) is 4.48. The zero-order valence-corrected chi connectivity index (χ0v) is 11.2. The minimum atomic E-state index is -5.75. The summed E-state index contributed by atoms with van der Waals surface area (Å²) in [4.78, 5) is 8.61. The van der Waals surface area contributed by atoms with E-state index in [1.54, 1.807) is 0 Å². The molecule has 3 aromatic rings. The molecule has 0 spiro atoms. The Morgan fingerprint density at radius 3 is 2.50 bits per heavy atom. The Morgan fingerprint density at radius 1 is 1.09 bits per heavy atom. The third-order valence-electron chi connectivity index (χ3n) is 2.96. The lowest BCUT2D eigenvalue weighted by atomic mass is 10.1. The first kappa shape index (κ1) is 14.8. The largest absolute Gasteiger partial charge is 0.459 e. The molecule has 116 valence electrons. The van der Waals surface area contributed by atoms with E-state index in [1.165, 1.54) is 6.20 Å². The van der Waals surface area contributed by atoms with Crippen molar-refractivity contribution in [2.45, 2.75) is 12.1 Å². The smallest absolute Gasteiger partial charge is 0.345 e. The van der Waals surface area contributed by atoms with Crippen LogP contribution in [0.25, 0.3) is 22.3 Å². The van der Waals surface area contributed by atoms with Crippen molar-refractivity contribution in [2.75, 3.05) is 0 Å². The highest BCUT2D eigenvalue weighted by Crippen LogP contribution is 2.49. The van der Waals surface area contributed by atoms with Crippen molar-refractivity contribution in [2.24, 2.45) is 0 Å². The average Bonchev–Trinajstić information content (AvgIpc) is 3.02. The molecule has 0 bridgehead atoms. The molecule has 0 aliphatic carbocycles. The van der Waals surface area contributed by atoms with Gasteiger partial charge in [0.15, 0.2) is 0 Å². The van der Waals surface area contributed by atoms with Crippen LogP contribution in [0.4, 0.5) is 26.3 Å². The van der Waals surface area contributed by atoms with Crippen LogP contribution >= 0.6 is 11.3 Å². The van der Waals surface area contributed by atoms with Gasteiger partial charge in [-0.1, -0.05) is 0 Å². The number of H-pyrrole nitrogens is 1. The summed E-state index contributed by atoms with van der Waals surface area (Å²) in [5, 5.41) is 0.0742. The first-order valence-corrected chi connectivity index (χ1v) is 6.61. The van der Waals surface area contributed by atoms with Gasteiger partial charge in [-0.3, -0.25) is 0 Å². The number of aromatic amines is 1. The highest BCUT2D eigenvalue weighted by atomic mass is 32.1. The van der Waals surface area contributed by atoms with Gasteiger partial charge in [-0.15, -0.1) is 11.3 Å². The van der Waals surface area contributed by atoms with E-state index in [2.05, 4.69) is 15.0 Å². The van der Waals surface area contributed by atoms with E-state index in [1.807, 2.05) is 0 Å². The molecular formula is C12H5F6N3S. The molecule has 0 fully saturated rings. The summed E-state index contributed by atoms with van der Waals surface area (Å²) in [6.45, 7) is 0. The molecule has 0 saturated heterocycles. The van der Waals surface area contributed by atoms with Crippen molar-refractivity contribution < 1.29 is 26.3 Å². The van der Waals surface area contributed by atoms with Crippen LogP contribution in [0.3, 0.4) is 0 Å². The quantitative estimate of drug-likeness (QED) is 0.701. The Morgan fingerprint density at radius 2 is 1.82 bits per heavy atom. The van der Waals surface area contributed by atoms with Gasteiger partial charge in [-0.05, 0) is 6.07 Å². The van der Waals surface area contributed by atoms with Crippen molar-refractivity contribution in [1.82, 2.24) is 15.0 Å². The summed E-state index contributed by atoms with van der Waals surface area (Å²) >= 11 is 0.185. The third kappa shape index (κ3) is 2.14. The topological polar surface area (TPSA) is 41.6 Å². The minimum Gasteiger partial charge on any atom is -0.345 e. The van der Waals surface area contributed by atoms with Gasteiger partial charge in [0.05, 0.1) is 17.4 Å². The third-order valence-corrected chi connectivity index (χ3v) is 3.86. The normalized spacial score (nSPS) is 13.0. The first-order valence-electron chi connectivity index (χ1n) is 5.73. The first-order chi connectivity index (χ1) is 10.2. The molecule has 0 radical (unpaired) electrons. The van der Waals surface area contributed by atoms with E-state index in [9.17, 15) is 26.3 Å². The second kappa shape index (κ2) is 4.70. The number of halogens is 6. The van der Waals surface area contributed by atoms with Gasteiger partial charge in [0.2, 0.25) is 0 Å². The summed E-state index contributed by atoms with van der Waals surface area (Å²) in [6, 6.07) is 0.989. The summed E-state index contributed by atoms with van der Waals surface area (Å²) < 4.78 is 78.0. The maximum atomic E-state index is 13.6. The molecule has 22 heavy (non-hydrogen) atoms. The fourth-order valence-electron chi connectivity index (χ4n) is 1.96. The van der Waals surface area contributed by atoms with Gasteiger partial charge in [0.1, 0.15) is 16.3 Å². The molecule has 0 saturated carbocycles. The summed E-state index contributed by atoms with van der Waals surface area (Å²) in [5.41, 5.74) is 0.425. The molecule has 3 heterocycles. The molecular weight excluding hydrogens is 332 g/mol. The zero-order chi connectivity index (χ0) is 16.1. The van der Waals surface area contributed by atoms with Crippen LogP contribution in [-0.4, -0.2) is 21.1 Å². The Labute approximate surface area is 122 Å². The number of nitrogens with one attached hydrogen (secondary N) is 1. The summed E-state index contributed by atoms with van der Waals surface area (Å²) in [7, 11) is 0. The fraction of sp³-hybridized carbons (Fsp3) is 0.167. The molecule has 3 rings (SSSR count). The molecule has 1 N–H and O–H groups in total. The predicted molar refractivity (Wildman–Crippen MR) is 67.1 cm³/mol. The van der Waals surface area contributed by atoms with Gasteiger partial charge in [-0.25, -0.2) is 14.4 Å². The van der Waals surface area contributed by atoms with Crippen LogP contribution in [-0.2, 0) is 5.92 Å². The Kier molecular flexibility index (Phi) is 3.17. The fourth-order valence-corrected chi connectivity index (χ4v) is 2.76. The average molecular weight is 337 g/mol. The maximum Gasteiger partial charge on any atom is 0.459 e. The van der Waals surface area contributed by atoms with Crippen LogP contribution in [0.15, 0.2) is 24.0 Å². The van der Waals surface area contributed by atoms with Crippen LogP contribution in [0.2, 0.25) is 0 Å². The van der Waals surface area contributed by atoms with E-state index in [-0.39, 0.29) is 27.9 Å². The van der Waals surface area contributed by atoms with Crippen LogP contribution < -0.4 is 0 Å². The molecule has 0 aromatic carbocycles. The molecule has 0 unspecified atom stereocenters. The van der Waals surface area contributed by atoms with E-state index in [0.717, 1.165) is 17.8 Å². The van der Waals surface area contributed by atoms with Crippen molar-refractivity contribution in [1.29, 1.82) is 0 Å². The Balaban J connectivity index is 2.22. The van der Waals surface area contributed by atoms with Crippen LogP contribution in [0, 0.1) is 5.82 Å². The number of aromatic nitrogens is 3. The number of fused-ring (bicyclic) bond motifs is 1. The lowest BCUT2D eigenvalue weighted by molar-refractivity contribution is -0.287. The molecule has 0 amide bonds. The summed E-state index contributed by atoms with van der Waals surface area (Å²) in [5.74, 6) is -5.79. The molecule has 3 aromatic heterocycles. The Bertz CT molecular complexity index is 835. The van der Waals surface area contributed by atoms with E-state index in [0.29, 0.717) is 0 Å². The highest BCUT2D eigenvalue weighted by Gasteiger charge is 2.60. The van der Waals surface area contributed by atoms with Gasteiger partial charge in [0, 0.05) is 17.1 Å². The molecule has 10 heteroatoms. The number of nitrogens with zero attached hydrogens (tertiary/aromatic N) is 2. The second-order valence-electron chi connectivity index (χ2n) is 4.35. The van der Waals surface area contributed by atoms with E-state index in [4.69, 9.17) is 0 Å². The second-order valence-corrected chi connectivity index (χ2v) is 5.21. The minimum absolute atomic E-state index is 0.0674. The standard InChI is InChI=1S/C12H5F6N3S/c13-5-1-6-7(3-20-10(6)19-2-5)8-9(22-4-21-8)11(14,15)12(16,17)18/h1-4H,(H,19,20). The van der Waals surface area contributed by atoms with Crippen LogP contribution in [0.5, 0.6) is 0 Å². The lowest BCUT2D eigenvalue weighted by Crippen LogP contribution is -2.33. The van der Waals surface area contributed by atoms with Crippen molar-refractivity contribution in [3.8, 4) is 11.3 Å². The number of rotatable bonds is 2. The number of alkyl halides is 5. The van der Waals surface area contributed by atoms with Crippen LogP contribution in [0.1, 0.15) is 4.88 Å². The van der Waals surface area contributed by atoms with E-state index >= 15 is 0 Å². The van der Waals surface area contributed by atoms with Gasteiger partial charge in [0.25, 0.3) is 0 Å². The molecule has 0 aliphatic heterocycles. The molecule has 3 nitrogen and oxygen atoms in total. The monoisotopic (exact) mass is 337 g/mol. The van der Waals surface area contributed by atoms with Crippen molar-refractivity contribution >= 4 is 22.4 Å². The van der Waals surface area contributed by atoms with Gasteiger partial charge in [-0.2, -0.15) is 22.0 Å². The van der Waals surface area contributed by atoms with Crippen molar-refractivity contribution in [3.63, 3.8) is 0 Å². The number of pyridine rings is 1. The lowest BCUT2D eigenvalue weighted by Gasteiger charge is -2.18.